The first-order chi connectivity index (χ1) is 17.0. The molecule has 0 aliphatic rings. The van der Waals surface area contributed by atoms with Gasteiger partial charge in [0.15, 0.2) is 11.5 Å². The van der Waals surface area contributed by atoms with Gasteiger partial charge in [0, 0.05) is 18.2 Å². The third-order valence-corrected chi connectivity index (χ3v) is 5.50. The summed E-state index contributed by atoms with van der Waals surface area (Å²) < 4.78 is 50.4. The monoisotopic (exact) mass is 616 g/mol. The van der Waals surface area contributed by atoms with Crippen molar-refractivity contribution in [1.29, 1.82) is 0 Å². The highest BCUT2D eigenvalue weighted by Gasteiger charge is 2.33. The number of halogens is 4. The van der Waals surface area contributed by atoms with Crippen LogP contribution in [-0.4, -0.2) is 23.2 Å². The first kappa shape index (κ1) is 26.7. The van der Waals surface area contributed by atoms with Crippen LogP contribution >= 0.6 is 22.6 Å². The summed E-state index contributed by atoms with van der Waals surface area (Å²) in [6.45, 7) is 0.122. The van der Waals surface area contributed by atoms with Crippen LogP contribution in [-0.2, 0) is 12.8 Å². The van der Waals surface area contributed by atoms with Crippen molar-refractivity contribution in [2.75, 3.05) is 12.5 Å². The molecule has 14 heteroatoms. The maximum Gasteiger partial charge on any atom is 0.416 e. The number of nitro groups is 2. The standard InChI is InChI=1S/C22H16F3IN4O6/c1-35-20-9-14(8-17(26)21(20)36-12-13-2-5-16(6-3-13)29(31)32)11-27-28-18-7-4-15(22(23,24)25)10-19(18)30(33)34/h2-11,28H,12H2,1H3/b27-11-. The number of hydrogen-bond acceptors (Lipinski definition) is 8. The highest BCUT2D eigenvalue weighted by atomic mass is 127. The number of ether oxygens (including phenoxy) is 2. The zero-order chi connectivity index (χ0) is 26.5. The number of alkyl halides is 3. The average Bonchev–Trinajstić information content (AvgIpc) is 2.82. The first-order valence-corrected chi connectivity index (χ1v) is 11.0. The summed E-state index contributed by atoms with van der Waals surface area (Å²) in [5.74, 6) is 0.769. The van der Waals surface area contributed by atoms with Gasteiger partial charge >= 0.3 is 6.18 Å². The molecule has 188 valence electrons. The van der Waals surface area contributed by atoms with E-state index in [0.29, 0.717) is 38.3 Å². The lowest BCUT2D eigenvalue weighted by Crippen LogP contribution is -2.06. The smallest absolute Gasteiger partial charge is 0.416 e. The van der Waals surface area contributed by atoms with Crippen LogP contribution in [0.1, 0.15) is 16.7 Å². The number of nitrogens with one attached hydrogen (secondary N) is 1. The molecule has 0 bridgehead atoms. The second-order valence-electron chi connectivity index (χ2n) is 7.10. The van der Waals surface area contributed by atoms with E-state index in [1.807, 2.05) is 22.6 Å². The first-order valence-electron chi connectivity index (χ1n) is 9.88. The summed E-state index contributed by atoms with van der Waals surface area (Å²) in [6.07, 6.45) is -3.41. The van der Waals surface area contributed by atoms with Gasteiger partial charge in [-0.15, -0.1) is 0 Å². The summed E-state index contributed by atoms with van der Waals surface area (Å²) in [7, 11) is 1.43. The highest BCUT2D eigenvalue weighted by molar-refractivity contribution is 14.1. The topological polar surface area (TPSA) is 129 Å². The number of rotatable bonds is 9. The van der Waals surface area contributed by atoms with Gasteiger partial charge < -0.3 is 9.47 Å². The number of nitro benzene ring substituents is 2. The lowest BCUT2D eigenvalue weighted by atomic mass is 10.1. The molecule has 10 nitrogen and oxygen atoms in total. The van der Waals surface area contributed by atoms with Crippen LogP contribution in [0.3, 0.4) is 0 Å². The predicted molar refractivity (Wildman–Crippen MR) is 132 cm³/mol. The van der Waals surface area contributed by atoms with Crippen LogP contribution in [0.2, 0.25) is 0 Å². The zero-order valence-corrected chi connectivity index (χ0v) is 20.4. The normalized spacial score (nSPS) is 11.4. The zero-order valence-electron chi connectivity index (χ0n) is 18.3. The number of methoxy groups -OCH3 is 1. The van der Waals surface area contributed by atoms with Gasteiger partial charge in [0.05, 0.1) is 32.3 Å². The van der Waals surface area contributed by atoms with Gasteiger partial charge in [-0.25, -0.2) is 0 Å². The minimum Gasteiger partial charge on any atom is -0.493 e. The van der Waals surface area contributed by atoms with E-state index in [1.54, 1.807) is 24.3 Å². The van der Waals surface area contributed by atoms with Gasteiger partial charge in [-0.1, -0.05) is 0 Å². The minimum absolute atomic E-state index is 0.0372. The Bertz CT molecular complexity index is 1320. The molecule has 0 amide bonds. The molecule has 0 aromatic heterocycles. The average molecular weight is 616 g/mol. The fourth-order valence-corrected chi connectivity index (χ4v) is 3.73. The summed E-state index contributed by atoms with van der Waals surface area (Å²) in [4.78, 5) is 20.5. The van der Waals surface area contributed by atoms with Crippen molar-refractivity contribution in [1.82, 2.24) is 0 Å². The van der Waals surface area contributed by atoms with E-state index in [-0.39, 0.29) is 18.0 Å². The van der Waals surface area contributed by atoms with Gasteiger partial charge in [-0.3, -0.25) is 25.7 Å². The third-order valence-electron chi connectivity index (χ3n) is 4.70. The summed E-state index contributed by atoms with van der Waals surface area (Å²) >= 11 is 2.01. The van der Waals surface area contributed by atoms with Crippen LogP contribution in [0.4, 0.5) is 30.2 Å². The number of anilines is 1. The number of hydrazone groups is 1. The molecule has 0 fully saturated rings. The van der Waals surface area contributed by atoms with Crippen LogP contribution in [0.25, 0.3) is 0 Å². The molecule has 0 unspecified atom stereocenters. The predicted octanol–water partition coefficient (Wildman–Crippen LogP) is 6.16. The molecule has 3 rings (SSSR count). The maximum atomic E-state index is 12.9. The van der Waals surface area contributed by atoms with E-state index in [2.05, 4.69) is 10.5 Å². The van der Waals surface area contributed by atoms with Crippen molar-refractivity contribution in [3.8, 4) is 11.5 Å². The van der Waals surface area contributed by atoms with Crippen LogP contribution < -0.4 is 14.9 Å². The van der Waals surface area contributed by atoms with E-state index < -0.39 is 27.3 Å². The summed E-state index contributed by atoms with van der Waals surface area (Å²) in [5, 5.41) is 25.9. The van der Waals surface area contributed by atoms with E-state index in [1.165, 1.54) is 25.5 Å². The molecule has 0 atom stereocenters. The highest BCUT2D eigenvalue weighted by Crippen LogP contribution is 2.36. The largest absolute Gasteiger partial charge is 0.493 e. The third kappa shape index (κ3) is 6.59. The Hall–Kier alpha value is -3.95. The second-order valence-corrected chi connectivity index (χ2v) is 8.27. The summed E-state index contributed by atoms with van der Waals surface area (Å²) in [5.41, 5.74) is 1.43. The van der Waals surface area contributed by atoms with Crippen molar-refractivity contribution < 1.29 is 32.5 Å². The van der Waals surface area contributed by atoms with Gasteiger partial charge in [0.2, 0.25) is 0 Å². The van der Waals surface area contributed by atoms with E-state index in [0.717, 1.165) is 6.07 Å². The fraction of sp³-hybridized carbons (Fsp3) is 0.136. The number of non-ortho nitro benzene ring substituents is 1. The number of hydrogen-bond donors (Lipinski definition) is 1. The van der Waals surface area contributed by atoms with E-state index in [9.17, 15) is 33.4 Å². The number of benzene rings is 3. The Morgan fingerprint density at radius 1 is 1.06 bits per heavy atom. The van der Waals surface area contributed by atoms with Crippen LogP contribution in [0.5, 0.6) is 11.5 Å². The molecule has 0 spiro atoms. The molecule has 0 heterocycles. The maximum absolute atomic E-state index is 12.9. The molecule has 0 saturated heterocycles. The summed E-state index contributed by atoms with van der Waals surface area (Å²) in [6, 6.07) is 11.2. The Kier molecular flexibility index (Phi) is 8.29. The Balaban J connectivity index is 1.75. The molecule has 0 radical (unpaired) electrons. The van der Waals surface area contributed by atoms with Crippen molar-refractivity contribution in [2.24, 2.45) is 5.10 Å². The molecule has 36 heavy (non-hydrogen) atoms. The fourth-order valence-electron chi connectivity index (χ4n) is 2.95. The van der Waals surface area contributed by atoms with Crippen molar-refractivity contribution in [3.05, 3.63) is 95.1 Å². The minimum atomic E-state index is -4.72. The van der Waals surface area contributed by atoms with Gasteiger partial charge in [0.25, 0.3) is 11.4 Å². The van der Waals surface area contributed by atoms with Gasteiger partial charge in [0.1, 0.15) is 12.3 Å². The second kappa shape index (κ2) is 11.2. The Labute approximate surface area is 215 Å². The van der Waals surface area contributed by atoms with Crippen molar-refractivity contribution in [2.45, 2.75) is 12.8 Å². The lowest BCUT2D eigenvalue weighted by molar-refractivity contribution is -0.384. The molecule has 3 aromatic rings. The molecular weight excluding hydrogens is 600 g/mol. The van der Waals surface area contributed by atoms with Gasteiger partial charge in [-0.2, -0.15) is 18.3 Å². The molecule has 1 N–H and O–H groups in total. The van der Waals surface area contributed by atoms with E-state index in [4.69, 9.17) is 9.47 Å². The van der Waals surface area contributed by atoms with Crippen LogP contribution in [0, 0.1) is 23.8 Å². The molecule has 0 saturated carbocycles. The molecule has 0 aliphatic heterocycles. The SMILES string of the molecule is COc1cc(/C=N\Nc2ccc(C(F)(F)F)cc2[N+](=O)[O-])cc(I)c1OCc1ccc([N+](=O)[O-])cc1. The Morgan fingerprint density at radius 3 is 2.33 bits per heavy atom. The van der Waals surface area contributed by atoms with Crippen molar-refractivity contribution in [3.63, 3.8) is 0 Å². The van der Waals surface area contributed by atoms with Crippen molar-refractivity contribution >= 4 is 45.9 Å². The van der Waals surface area contributed by atoms with E-state index >= 15 is 0 Å². The molecule has 0 aliphatic carbocycles. The number of nitrogens with zero attached hydrogens (tertiary/aromatic N) is 3. The lowest BCUT2D eigenvalue weighted by Gasteiger charge is -2.13. The quantitative estimate of drug-likeness (QED) is 0.132. The molecular formula is C22H16F3IN4O6. The molecule has 3 aromatic carbocycles. The Morgan fingerprint density at radius 2 is 1.75 bits per heavy atom. The van der Waals surface area contributed by atoms with Crippen LogP contribution in [0.15, 0.2) is 59.7 Å². The van der Waals surface area contributed by atoms with Gasteiger partial charge in [-0.05, 0) is 70.1 Å².